The molecule has 0 amide bonds. The van der Waals surface area contributed by atoms with Gasteiger partial charge in [0.1, 0.15) is 38.1 Å². The van der Waals surface area contributed by atoms with Gasteiger partial charge in [0.25, 0.3) is 0 Å². The van der Waals surface area contributed by atoms with Crippen LogP contribution in [0.15, 0.2) is 0 Å². The molecule has 0 aromatic rings. The maximum Gasteiger partial charge on any atom is 3.00 e. The Morgan fingerprint density at radius 2 is 0.630 bits per heavy atom. The molecule has 0 aliphatic heterocycles. The molecule has 0 saturated carbocycles. The van der Waals surface area contributed by atoms with Crippen molar-refractivity contribution < 1.29 is 88.9 Å². The fraction of sp³-hybridized carbons (Fsp3) is 0.714. The largest absolute Gasteiger partial charge is 3.00 e. The van der Waals surface area contributed by atoms with E-state index in [1.54, 1.807) is 0 Å². The van der Waals surface area contributed by atoms with E-state index in [0.717, 1.165) is 0 Å². The van der Waals surface area contributed by atoms with Crippen molar-refractivity contribution in [3.8, 4) is 0 Å². The van der Waals surface area contributed by atoms with Crippen molar-refractivity contribution in [2.75, 3.05) is 35.8 Å². The van der Waals surface area contributed by atoms with Crippen LogP contribution >= 0.6 is 95.6 Å². The van der Waals surface area contributed by atoms with Crippen molar-refractivity contribution in [1.82, 2.24) is 0 Å². The molecular formula is C21H27Br6O18Sb. The van der Waals surface area contributed by atoms with E-state index < -0.39 is 72.4 Å². The van der Waals surface area contributed by atoms with Gasteiger partial charge in [0.15, 0.2) is 18.3 Å². The second-order valence-electron chi connectivity index (χ2n) is 7.77. The Morgan fingerprint density at radius 1 is 0.457 bits per heavy atom. The molecule has 0 rings (SSSR count). The number of aliphatic hydroxyl groups is 6. The Balaban J connectivity index is -0.000000285. The Hall–Kier alpha value is 0.278. The first-order chi connectivity index (χ1) is 20.7. The summed E-state index contributed by atoms with van der Waals surface area (Å²) in [7, 11) is 0. The smallest absolute Gasteiger partial charge is 0.547 e. The normalized spacial score (nSPS) is 16.2. The first kappa shape index (κ1) is 53.1. The van der Waals surface area contributed by atoms with E-state index in [9.17, 15) is 44.1 Å². The topological polar surface area (TPSA) is 321 Å². The zero-order valence-electron chi connectivity index (χ0n) is 22.7. The molecule has 18 nitrogen and oxygen atoms in total. The van der Waals surface area contributed by atoms with Crippen LogP contribution in [0, 0.1) is 0 Å². The summed E-state index contributed by atoms with van der Waals surface area (Å²) in [6.45, 7) is -0.164. The van der Waals surface area contributed by atoms with Crippen LogP contribution in [-0.4, -0.2) is 178 Å². The zero-order valence-corrected chi connectivity index (χ0v) is 34.8. The van der Waals surface area contributed by atoms with Crippen LogP contribution in [0.5, 0.6) is 0 Å². The second-order valence-corrected chi connectivity index (χ2v) is 13.6. The Labute approximate surface area is 328 Å². The van der Waals surface area contributed by atoms with E-state index >= 15 is 0 Å². The Morgan fingerprint density at radius 3 is 0.761 bits per heavy atom. The molecule has 266 valence electrons. The molecule has 0 heterocycles. The van der Waals surface area contributed by atoms with Gasteiger partial charge in [-0.25, -0.2) is 14.4 Å². The van der Waals surface area contributed by atoms with Crippen molar-refractivity contribution in [2.24, 2.45) is 0 Å². The van der Waals surface area contributed by atoms with Gasteiger partial charge in [-0.3, -0.25) is 0 Å². The summed E-state index contributed by atoms with van der Waals surface area (Å²) >= 11 is 18.7. The summed E-state index contributed by atoms with van der Waals surface area (Å²) in [4.78, 5) is 62.7. The maximum atomic E-state index is 10.9. The number of rotatable bonds is 18. The van der Waals surface area contributed by atoms with Crippen LogP contribution in [0.3, 0.4) is 0 Å². The maximum absolute atomic E-state index is 10.9. The molecule has 9 unspecified atom stereocenters. The number of hydrogen-bond acceptors (Lipinski definition) is 18. The Kier molecular flexibility index (Phi) is 34.8. The molecule has 0 aromatic carbocycles. The van der Waals surface area contributed by atoms with Crippen LogP contribution in [0.25, 0.3) is 0 Å². The molecule has 0 saturated heterocycles. The first-order valence-electron chi connectivity index (χ1n) is 11.5. The molecular weight excluding hydrogens is 1140 g/mol. The SMILES string of the molecule is O=C([O-])C(O)C(O)C(=O)OCC(Br)CBr.O=C([O-])C(O)C(O)C(=O)OCC(Br)CBr.O=C([O-])C(O)C(O)C(=O)OCC(Br)CBr.[Sb+3]. The van der Waals surface area contributed by atoms with Gasteiger partial charge in [0.2, 0.25) is 0 Å². The van der Waals surface area contributed by atoms with Crippen molar-refractivity contribution in [1.29, 1.82) is 0 Å². The predicted octanol–water partition coefficient (Wildman–Crippen LogP) is -5.90. The molecule has 0 spiro atoms. The van der Waals surface area contributed by atoms with Gasteiger partial charge in [-0.05, 0) is 0 Å². The van der Waals surface area contributed by atoms with Gasteiger partial charge in [0, 0.05) is 16.0 Å². The van der Waals surface area contributed by atoms with Crippen molar-refractivity contribution in [3.63, 3.8) is 0 Å². The van der Waals surface area contributed by atoms with Crippen molar-refractivity contribution in [2.45, 2.75) is 51.1 Å². The monoisotopic (exact) mass is 1160 g/mol. The zero-order chi connectivity index (χ0) is 36.0. The summed E-state index contributed by atoms with van der Waals surface area (Å²) in [5, 5.41) is 85.0. The van der Waals surface area contributed by atoms with Gasteiger partial charge in [-0.1, -0.05) is 95.6 Å². The number of aliphatic hydroxyl groups excluding tert-OH is 6. The molecule has 25 heteroatoms. The summed E-state index contributed by atoms with van der Waals surface area (Å²) < 4.78 is 13.5. The fourth-order valence-electron chi connectivity index (χ4n) is 1.68. The van der Waals surface area contributed by atoms with E-state index in [4.69, 9.17) is 30.6 Å². The van der Waals surface area contributed by atoms with Gasteiger partial charge in [0.05, 0.1) is 32.4 Å². The van der Waals surface area contributed by atoms with Crippen LogP contribution in [0.4, 0.5) is 0 Å². The number of carboxylic acid groups (broad SMARTS) is 3. The molecule has 6 N–H and O–H groups in total. The third-order valence-corrected chi connectivity index (χ3v) is 10.8. The van der Waals surface area contributed by atoms with E-state index in [0.29, 0.717) is 16.0 Å². The van der Waals surface area contributed by atoms with Crippen molar-refractivity contribution >= 4 is 156 Å². The average Bonchev–Trinajstić information content (AvgIpc) is 3.02. The first-order valence-corrected chi connectivity index (χ1v) is 17.6. The quantitative estimate of drug-likeness (QED) is 0.0322. The number of alkyl halides is 6. The summed E-state index contributed by atoms with van der Waals surface area (Å²) in [6.07, 6.45) is -13.2. The van der Waals surface area contributed by atoms with Gasteiger partial charge in [-0.15, -0.1) is 0 Å². The summed E-state index contributed by atoms with van der Waals surface area (Å²) in [5.74, 6) is -9.44. The third-order valence-electron chi connectivity index (χ3n) is 4.07. The molecule has 2 radical (unpaired) electrons. The number of halogens is 6. The van der Waals surface area contributed by atoms with Gasteiger partial charge in [-0.2, -0.15) is 0 Å². The third kappa shape index (κ3) is 25.3. The van der Waals surface area contributed by atoms with Crippen LogP contribution < -0.4 is 15.3 Å². The van der Waals surface area contributed by atoms with E-state index in [1.165, 1.54) is 0 Å². The number of carboxylic acids is 3. The number of carbonyl (C=O) groups excluding carboxylic acids is 6. The van der Waals surface area contributed by atoms with Crippen LogP contribution in [0.2, 0.25) is 0 Å². The minimum atomic E-state index is -2.28. The average molecular weight is 1170 g/mol. The van der Waals surface area contributed by atoms with E-state index in [2.05, 4.69) is 110 Å². The molecule has 9 atom stereocenters. The molecule has 0 fully saturated rings. The standard InChI is InChI=1S/3C7H10Br2O6.Sb/c3*8-1-3(9)2-15-7(14)5(11)4(10)6(12)13;/h3*3-5,10-11H,1-2H2,(H,12,13);/q;;;+3/p-3. The molecule has 46 heavy (non-hydrogen) atoms. The van der Waals surface area contributed by atoms with Gasteiger partial charge >= 0.3 is 42.3 Å². The van der Waals surface area contributed by atoms with E-state index in [-0.39, 0.29) is 58.7 Å². The Bertz CT molecular complexity index is 822. The van der Waals surface area contributed by atoms with E-state index in [1.807, 2.05) is 0 Å². The predicted molar refractivity (Wildman–Crippen MR) is 169 cm³/mol. The number of esters is 3. The van der Waals surface area contributed by atoms with Crippen LogP contribution in [0.1, 0.15) is 0 Å². The molecule has 0 aliphatic carbocycles. The molecule has 0 aromatic heterocycles. The minimum absolute atomic E-state index is 0. The van der Waals surface area contributed by atoms with Crippen LogP contribution in [-0.2, 0) is 43.0 Å². The second kappa shape index (κ2) is 30.1. The number of aliphatic carboxylic acids is 3. The summed E-state index contributed by atoms with van der Waals surface area (Å²) in [6, 6.07) is 0. The molecule has 0 aliphatic rings. The number of ether oxygens (including phenoxy) is 3. The van der Waals surface area contributed by atoms with Crippen molar-refractivity contribution in [3.05, 3.63) is 0 Å². The minimum Gasteiger partial charge on any atom is -0.547 e. The summed E-state index contributed by atoms with van der Waals surface area (Å²) in [5.41, 5.74) is 0. The fourth-order valence-corrected chi connectivity index (χ4v) is 2.64. The number of carbonyl (C=O) groups is 6. The van der Waals surface area contributed by atoms with Gasteiger partial charge < -0.3 is 74.6 Å². The number of hydrogen-bond donors (Lipinski definition) is 6. The molecule has 0 bridgehead atoms.